The third-order valence-electron chi connectivity index (χ3n) is 9.01. The maximum atomic E-state index is 11.2. The van der Waals surface area contributed by atoms with Crippen molar-refractivity contribution in [2.45, 2.75) is 89.9 Å². The minimum atomic E-state index is -0.560. The average molecular weight is 335 g/mol. The summed E-state index contributed by atoms with van der Waals surface area (Å²) in [5, 5.41) is 32.3. The molecule has 3 saturated carbocycles. The first kappa shape index (κ1) is 17.1. The largest absolute Gasteiger partial charge is 0.393 e. The molecule has 0 saturated heterocycles. The van der Waals surface area contributed by atoms with Gasteiger partial charge in [0.2, 0.25) is 0 Å². The summed E-state index contributed by atoms with van der Waals surface area (Å²) in [5.41, 5.74) is 0.815. The summed E-state index contributed by atoms with van der Waals surface area (Å²) >= 11 is 0. The van der Waals surface area contributed by atoms with E-state index in [-0.39, 0.29) is 22.9 Å². The van der Waals surface area contributed by atoms with Crippen LogP contribution in [0, 0.1) is 28.6 Å². The molecule has 0 bridgehead atoms. The van der Waals surface area contributed by atoms with Crippen molar-refractivity contribution in [1.29, 1.82) is 0 Å². The number of hydrogen-bond donors (Lipinski definition) is 3. The monoisotopic (exact) mass is 334 g/mol. The zero-order chi connectivity index (χ0) is 17.3. The molecule has 4 rings (SSSR count). The van der Waals surface area contributed by atoms with Crippen molar-refractivity contribution in [3.63, 3.8) is 0 Å². The first-order valence-corrected chi connectivity index (χ1v) is 10.0. The van der Waals surface area contributed by atoms with Gasteiger partial charge in [0.05, 0.1) is 17.8 Å². The van der Waals surface area contributed by atoms with Gasteiger partial charge in [-0.2, -0.15) is 0 Å². The number of aliphatic hydroxyl groups excluding tert-OH is 2. The summed E-state index contributed by atoms with van der Waals surface area (Å²) in [6.45, 7) is 6.76. The number of aliphatic hydroxyl groups is 3. The van der Waals surface area contributed by atoms with E-state index in [4.69, 9.17) is 0 Å². The Labute approximate surface area is 146 Å². The van der Waals surface area contributed by atoms with Crippen LogP contribution in [-0.4, -0.2) is 33.1 Å². The second-order valence-corrected chi connectivity index (χ2v) is 9.67. The quantitative estimate of drug-likeness (QED) is 0.644. The summed E-state index contributed by atoms with van der Waals surface area (Å²) in [6.07, 6.45) is 9.00. The molecule has 3 N–H and O–H groups in total. The molecule has 3 heteroatoms. The zero-order valence-corrected chi connectivity index (χ0v) is 15.5. The molecule has 8 atom stereocenters. The first-order valence-electron chi connectivity index (χ1n) is 10.0. The van der Waals surface area contributed by atoms with E-state index in [1.165, 1.54) is 5.57 Å². The molecule has 3 nitrogen and oxygen atoms in total. The Morgan fingerprint density at radius 1 is 1.04 bits per heavy atom. The van der Waals surface area contributed by atoms with Gasteiger partial charge in [-0.05, 0) is 80.0 Å². The molecule has 0 heterocycles. The van der Waals surface area contributed by atoms with Crippen molar-refractivity contribution in [1.82, 2.24) is 0 Å². The van der Waals surface area contributed by atoms with Crippen LogP contribution in [0.15, 0.2) is 11.6 Å². The van der Waals surface area contributed by atoms with Crippen LogP contribution < -0.4 is 0 Å². The third-order valence-corrected chi connectivity index (χ3v) is 9.01. The van der Waals surface area contributed by atoms with E-state index in [0.717, 1.165) is 51.4 Å². The van der Waals surface area contributed by atoms with Crippen LogP contribution in [0.5, 0.6) is 0 Å². The fourth-order valence-corrected chi connectivity index (χ4v) is 7.32. The summed E-state index contributed by atoms with van der Waals surface area (Å²) < 4.78 is 0. The van der Waals surface area contributed by atoms with Gasteiger partial charge in [-0.25, -0.2) is 0 Å². The van der Waals surface area contributed by atoms with Crippen molar-refractivity contribution in [2.24, 2.45) is 28.6 Å². The number of rotatable bonds is 1. The highest BCUT2D eigenvalue weighted by Crippen LogP contribution is 2.67. The molecule has 0 aliphatic heterocycles. The van der Waals surface area contributed by atoms with Crippen molar-refractivity contribution in [2.75, 3.05) is 0 Å². The molecule has 24 heavy (non-hydrogen) atoms. The lowest BCUT2D eigenvalue weighted by atomic mass is 9.46. The Hall–Kier alpha value is -0.380. The van der Waals surface area contributed by atoms with E-state index >= 15 is 0 Å². The Balaban J connectivity index is 1.73. The second-order valence-electron chi connectivity index (χ2n) is 9.67. The van der Waals surface area contributed by atoms with Crippen molar-refractivity contribution in [3.8, 4) is 0 Å². The highest BCUT2D eigenvalue weighted by molar-refractivity contribution is 5.28. The third kappa shape index (κ3) is 2.01. The van der Waals surface area contributed by atoms with Crippen LogP contribution in [0.1, 0.15) is 72.1 Å². The van der Waals surface area contributed by atoms with Gasteiger partial charge in [0.1, 0.15) is 0 Å². The van der Waals surface area contributed by atoms with Gasteiger partial charge in [-0.3, -0.25) is 0 Å². The van der Waals surface area contributed by atoms with Crippen LogP contribution in [0.3, 0.4) is 0 Å². The molecule has 3 fully saturated rings. The van der Waals surface area contributed by atoms with E-state index in [0.29, 0.717) is 11.8 Å². The van der Waals surface area contributed by atoms with Crippen molar-refractivity contribution in [3.05, 3.63) is 11.6 Å². The molecular weight excluding hydrogens is 300 g/mol. The standard InChI is InChI=1S/C21H34O3/c1-4-21(24)10-7-16-18-15(6-9-20(16,21)3)19(2)8-5-14(22)11-13(19)12-17(18)23/h12,14-18,22-24H,4-11H2,1-3H3/t14?,15-,16+,17?,18-,19+,20+,21?/m1/s1. The predicted octanol–water partition coefficient (Wildman–Crippen LogP) is 3.42. The summed E-state index contributed by atoms with van der Waals surface area (Å²) in [6, 6.07) is 0. The van der Waals surface area contributed by atoms with Gasteiger partial charge >= 0.3 is 0 Å². The number of fused-ring (bicyclic) bond motifs is 5. The first-order chi connectivity index (χ1) is 11.2. The van der Waals surface area contributed by atoms with Crippen molar-refractivity contribution < 1.29 is 15.3 Å². The lowest BCUT2D eigenvalue weighted by Crippen LogP contribution is -2.57. The maximum Gasteiger partial charge on any atom is 0.0757 e. The fourth-order valence-electron chi connectivity index (χ4n) is 7.32. The summed E-state index contributed by atoms with van der Waals surface area (Å²) in [4.78, 5) is 0. The van der Waals surface area contributed by atoms with Gasteiger partial charge < -0.3 is 15.3 Å². The molecule has 0 spiro atoms. The van der Waals surface area contributed by atoms with Gasteiger partial charge in [0.15, 0.2) is 0 Å². The van der Waals surface area contributed by atoms with Gasteiger partial charge in [-0.1, -0.05) is 32.4 Å². The highest BCUT2D eigenvalue weighted by atomic mass is 16.3. The second kappa shape index (κ2) is 5.31. The lowest BCUT2D eigenvalue weighted by Gasteiger charge is -2.60. The number of hydrogen-bond acceptors (Lipinski definition) is 3. The van der Waals surface area contributed by atoms with Crippen LogP contribution in [0.2, 0.25) is 0 Å². The van der Waals surface area contributed by atoms with E-state index < -0.39 is 11.7 Å². The molecule has 136 valence electrons. The SMILES string of the molecule is CCC1(O)CC[C@H]2[C@@H]3C(O)C=C4CC(O)CC[C@]4(C)[C@@H]3CC[C@@]21C. The summed E-state index contributed by atoms with van der Waals surface area (Å²) in [5.74, 6) is 1.18. The Morgan fingerprint density at radius 2 is 1.75 bits per heavy atom. The lowest BCUT2D eigenvalue weighted by molar-refractivity contribution is -0.144. The van der Waals surface area contributed by atoms with Gasteiger partial charge in [-0.15, -0.1) is 0 Å². The summed E-state index contributed by atoms with van der Waals surface area (Å²) in [7, 11) is 0. The average Bonchev–Trinajstić information content (AvgIpc) is 2.82. The Morgan fingerprint density at radius 3 is 2.46 bits per heavy atom. The van der Waals surface area contributed by atoms with E-state index in [1.54, 1.807) is 0 Å². The minimum absolute atomic E-state index is 0.0558. The van der Waals surface area contributed by atoms with E-state index in [1.807, 2.05) is 0 Å². The molecule has 0 aromatic heterocycles. The van der Waals surface area contributed by atoms with Gasteiger partial charge in [0, 0.05) is 0 Å². The molecule has 0 aromatic carbocycles. The Kier molecular flexibility index (Phi) is 3.77. The molecule has 4 aliphatic carbocycles. The van der Waals surface area contributed by atoms with Crippen LogP contribution >= 0.6 is 0 Å². The van der Waals surface area contributed by atoms with Crippen LogP contribution in [0.4, 0.5) is 0 Å². The molecule has 3 unspecified atom stereocenters. The van der Waals surface area contributed by atoms with Crippen molar-refractivity contribution >= 4 is 0 Å². The predicted molar refractivity (Wildman–Crippen MR) is 94.3 cm³/mol. The van der Waals surface area contributed by atoms with E-state index in [2.05, 4.69) is 26.8 Å². The Bertz CT molecular complexity index is 557. The zero-order valence-electron chi connectivity index (χ0n) is 15.5. The normalized spacial score (nSPS) is 56.9. The topological polar surface area (TPSA) is 60.7 Å². The fraction of sp³-hybridized carbons (Fsp3) is 0.905. The molecule has 4 aliphatic rings. The van der Waals surface area contributed by atoms with Gasteiger partial charge in [0.25, 0.3) is 0 Å². The minimum Gasteiger partial charge on any atom is -0.393 e. The van der Waals surface area contributed by atoms with Crippen LogP contribution in [0.25, 0.3) is 0 Å². The maximum absolute atomic E-state index is 11.2. The molecular formula is C21H34O3. The molecule has 0 amide bonds. The highest BCUT2D eigenvalue weighted by Gasteiger charge is 2.64. The van der Waals surface area contributed by atoms with E-state index in [9.17, 15) is 15.3 Å². The molecule has 0 radical (unpaired) electrons. The van der Waals surface area contributed by atoms with Crippen LogP contribution in [-0.2, 0) is 0 Å². The molecule has 0 aromatic rings. The smallest absolute Gasteiger partial charge is 0.0757 e.